The van der Waals surface area contributed by atoms with Crippen molar-refractivity contribution in [2.45, 2.75) is 39.7 Å². The zero-order valence-corrected chi connectivity index (χ0v) is 12.7. The number of rotatable bonds is 8. The molecule has 0 aliphatic carbocycles. The second kappa shape index (κ2) is 7.06. The Morgan fingerprint density at radius 1 is 1.39 bits per heavy atom. The summed E-state index contributed by atoms with van der Waals surface area (Å²) in [5, 5.41) is 3.71. The second-order valence-corrected chi connectivity index (χ2v) is 7.59. The van der Waals surface area contributed by atoms with Gasteiger partial charge in [-0.25, -0.2) is 13.4 Å². The minimum atomic E-state index is -3.25. The quantitative estimate of drug-likeness (QED) is 0.718. The van der Waals surface area contributed by atoms with Crippen molar-refractivity contribution in [2.75, 3.05) is 17.0 Å². The van der Waals surface area contributed by atoms with Crippen LogP contribution < -0.4 is 10.0 Å². The SMILES string of the molecule is Cc1cnc(NS(=O)(=O)CCCCNC(C)C)s1. The van der Waals surface area contributed by atoms with Gasteiger partial charge in [-0.05, 0) is 26.3 Å². The van der Waals surface area contributed by atoms with Gasteiger partial charge in [0.2, 0.25) is 10.0 Å². The van der Waals surface area contributed by atoms with Crippen LogP contribution in [0.15, 0.2) is 6.20 Å². The molecule has 0 aliphatic rings. The first-order chi connectivity index (χ1) is 8.39. The Hall–Kier alpha value is -0.660. The van der Waals surface area contributed by atoms with E-state index in [1.807, 2.05) is 6.92 Å². The van der Waals surface area contributed by atoms with E-state index in [1.165, 1.54) is 11.3 Å². The van der Waals surface area contributed by atoms with Crippen LogP contribution in [0.3, 0.4) is 0 Å². The van der Waals surface area contributed by atoms with Crippen molar-refractivity contribution in [3.8, 4) is 0 Å². The molecule has 2 N–H and O–H groups in total. The van der Waals surface area contributed by atoms with E-state index in [1.54, 1.807) is 6.20 Å². The average molecular weight is 291 g/mol. The number of unbranched alkanes of at least 4 members (excludes halogenated alkanes) is 1. The van der Waals surface area contributed by atoms with E-state index in [4.69, 9.17) is 0 Å². The predicted octanol–water partition coefficient (Wildman–Crippen LogP) is 1.97. The molecule has 0 unspecified atom stereocenters. The van der Waals surface area contributed by atoms with E-state index in [0.29, 0.717) is 17.6 Å². The molecule has 0 aliphatic heterocycles. The van der Waals surface area contributed by atoms with Gasteiger partial charge >= 0.3 is 0 Å². The summed E-state index contributed by atoms with van der Waals surface area (Å²) in [6, 6.07) is 0.443. The zero-order chi connectivity index (χ0) is 13.6. The van der Waals surface area contributed by atoms with Gasteiger partial charge in [-0.3, -0.25) is 4.72 Å². The molecule has 18 heavy (non-hydrogen) atoms. The fraction of sp³-hybridized carbons (Fsp3) is 0.727. The predicted molar refractivity (Wildman–Crippen MR) is 76.6 cm³/mol. The Labute approximate surface area is 113 Å². The van der Waals surface area contributed by atoms with Crippen molar-refractivity contribution in [1.82, 2.24) is 10.3 Å². The smallest absolute Gasteiger partial charge is 0.234 e. The molecule has 0 bridgehead atoms. The molecule has 0 saturated carbocycles. The molecule has 1 heterocycles. The Balaban J connectivity index is 2.28. The molecule has 0 aromatic carbocycles. The van der Waals surface area contributed by atoms with Crippen LogP contribution in [-0.2, 0) is 10.0 Å². The molecular formula is C11H21N3O2S2. The van der Waals surface area contributed by atoms with Gasteiger partial charge in [-0.2, -0.15) is 0 Å². The molecule has 0 amide bonds. The summed E-state index contributed by atoms with van der Waals surface area (Å²) < 4.78 is 26.0. The molecule has 1 aromatic heterocycles. The first kappa shape index (κ1) is 15.4. The average Bonchev–Trinajstić information content (AvgIpc) is 2.61. The Morgan fingerprint density at radius 2 is 2.11 bits per heavy atom. The molecule has 0 fully saturated rings. The lowest BCUT2D eigenvalue weighted by molar-refractivity contribution is 0.561. The highest BCUT2D eigenvalue weighted by Crippen LogP contribution is 2.18. The van der Waals surface area contributed by atoms with E-state index in [2.05, 4.69) is 28.9 Å². The number of hydrogen-bond donors (Lipinski definition) is 2. The number of nitrogens with one attached hydrogen (secondary N) is 2. The number of aromatic nitrogens is 1. The van der Waals surface area contributed by atoms with E-state index in [-0.39, 0.29) is 5.75 Å². The molecule has 0 saturated heterocycles. The fourth-order valence-corrected chi connectivity index (χ4v) is 3.46. The van der Waals surface area contributed by atoms with Crippen LogP contribution in [0.2, 0.25) is 0 Å². The van der Waals surface area contributed by atoms with Gasteiger partial charge < -0.3 is 5.32 Å². The number of thiazole rings is 1. The van der Waals surface area contributed by atoms with E-state index < -0.39 is 10.0 Å². The standard InChI is InChI=1S/C11H21N3O2S2/c1-9(2)12-6-4-5-7-18(15,16)14-11-13-8-10(3)17-11/h8-9,12H,4-7H2,1-3H3,(H,13,14). The van der Waals surface area contributed by atoms with Gasteiger partial charge in [-0.15, -0.1) is 11.3 Å². The summed E-state index contributed by atoms with van der Waals surface area (Å²) in [7, 11) is -3.25. The van der Waals surface area contributed by atoms with Gasteiger partial charge in [0.05, 0.1) is 5.75 Å². The number of nitrogens with zero attached hydrogens (tertiary/aromatic N) is 1. The maximum absolute atomic E-state index is 11.7. The summed E-state index contributed by atoms with van der Waals surface area (Å²) in [5.41, 5.74) is 0. The lowest BCUT2D eigenvalue weighted by Crippen LogP contribution is -2.24. The maximum atomic E-state index is 11.7. The summed E-state index contributed by atoms with van der Waals surface area (Å²) in [5.74, 6) is 0.144. The van der Waals surface area contributed by atoms with Crippen LogP contribution in [0.4, 0.5) is 5.13 Å². The van der Waals surface area contributed by atoms with E-state index >= 15 is 0 Å². The third-order valence-electron chi connectivity index (χ3n) is 2.26. The van der Waals surface area contributed by atoms with Crippen LogP contribution in [0.25, 0.3) is 0 Å². The lowest BCUT2D eigenvalue weighted by Gasteiger charge is -2.08. The second-order valence-electron chi connectivity index (χ2n) is 4.51. The van der Waals surface area contributed by atoms with Crippen molar-refractivity contribution in [1.29, 1.82) is 0 Å². The van der Waals surface area contributed by atoms with E-state index in [9.17, 15) is 8.42 Å². The summed E-state index contributed by atoms with van der Waals surface area (Å²) in [4.78, 5) is 4.98. The molecule has 0 atom stereocenters. The number of sulfonamides is 1. The summed E-state index contributed by atoms with van der Waals surface area (Å²) in [6.45, 7) is 6.89. The molecule has 104 valence electrons. The Bertz CT molecular complexity index is 455. The highest BCUT2D eigenvalue weighted by Gasteiger charge is 2.11. The first-order valence-electron chi connectivity index (χ1n) is 6.05. The topological polar surface area (TPSA) is 71.1 Å². The highest BCUT2D eigenvalue weighted by molar-refractivity contribution is 7.92. The normalized spacial score (nSPS) is 12.0. The van der Waals surface area contributed by atoms with Crippen LogP contribution in [0.5, 0.6) is 0 Å². The van der Waals surface area contributed by atoms with E-state index in [0.717, 1.165) is 17.8 Å². The highest BCUT2D eigenvalue weighted by atomic mass is 32.2. The molecule has 1 rings (SSSR count). The van der Waals surface area contributed by atoms with Crippen LogP contribution in [0.1, 0.15) is 31.6 Å². The maximum Gasteiger partial charge on any atom is 0.234 e. The lowest BCUT2D eigenvalue weighted by atomic mass is 10.3. The van der Waals surface area contributed by atoms with Gasteiger partial charge in [0.1, 0.15) is 0 Å². The monoisotopic (exact) mass is 291 g/mol. The van der Waals surface area contributed by atoms with Gasteiger partial charge in [0.15, 0.2) is 5.13 Å². The fourth-order valence-electron chi connectivity index (χ4n) is 1.39. The van der Waals surface area contributed by atoms with Crippen LogP contribution in [-0.4, -0.2) is 31.7 Å². The number of aryl methyl sites for hydroxylation is 1. The van der Waals surface area contributed by atoms with Crippen LogP contribution in [0, 0.1) is 6.92 Å². The van der Waals surface area contributed by atoms with Gasteiger partial charge in [-0.1, -0.05) is 13.8 Å². The third kappa shape index (κ3) is 6.32. The molecule has 7 heteroatoms. The van der Waals surface area contributed by atoms with Crippen molar-refractivity contribution >= 4 is 26.5 Å². The van der Waals surface area contributed by atoms with Crippen molar-refractivity contribution < 1.29 is 8.42 Å². The first-order valence-corrected chi connectivity index (χ1v) is 8.52. The summed E-state index contributed by atoms with van der Waals surface area (Å²) in [6.07, 6.45) is 3.17. The minimum absolute atomic E-state index is 0.144. The molecule has 0 radical (unpaired) electrons. The van der Waals surface area contributed by atoms with Gasteiger partial charge in [0, 0.05) is 17.1 Å². The molecule has 0 spiro atoms. The minimum Gasteiger partial charge on any atom is -0.315 e. The van der Waals surface area contributed by atoms with Crippen LogP contribution >= 0.6 is 11.3 Å². The van der Waals surface area contributed by atoms with Crippen molar-refractivity contribution in [2.24, 2.45) is 0 Å². The third-order valence-corrected chi connectivity index (χ3v) is 4.54. The van der Waals surface area contributed by atoms with Crippen molar-refractivity contribution in [3.05, 3.63) is 11.1 Å². The Kier molecular flexibility index (Phi) is 6.04. The zero-order valence-electron chi connectivity index (χ0n) is 11.1. The molecular weight excluding hydrogens is 270 g/mol. The molecule has 1 aromatic rings. The van der Waals surface area contributed by atoms with Crippen molar-refractivity contribution in [3.63, 3.8) is 0 Å². The largest absolute Gasteiger partial charge is 0.315 e. The van der Waals surface area contributed by atoms with Gasteiger partial charge in [0.25, 0.3) is 0 Å². The Morgan fingerprint density at radius 3 is 2.67 bits per heavy atom. The summed E-state index contributed by atoms with van der Waals surface area (Å²) >= 11 is 1.35. The molecule has 5 nitrogen and oxygen atoms in total. The number of hydrogen-bond acceptors (Lipinski definition) is 5. The number of anilines is 1.